The number of rotatable bonds is 4. The first-order valence-corrected chi connectivity index (χ1v) is 9.37. The molecule has 0 radical (unpaired) electrons. The van der Waals surface area contributed by atoms with Crippen LogP contribution in [0.3, 0.4) is 0 Å². The SMILES string of the molecule is Cc1ccccc1N/C(N)=N/C1=NC(CC(=O)Nc2cc(Cl)cc(Cl)c2)C(=O)N1. The lowest BCUT2D eigenvalue weighted by Gasteiger charge is -2.07. The fraction of sp³-hybridized carbons (Fsp3) is 0.158. The number of para-hydroxylation sites is 1. The highest BCUT2D eigenvalue weighted by Crippen LogP contribution is 2.23. The number of nitrogens with one attached hydrogen (secondary N) is 3. The molecule has 150 valence electrons. The van der Waals surface area contributed by atoms with Crippen LogP contribution in [0.1, 0.15) is 12.0 Å². The Bertz CT molecular complexity index is 1000. The van der Waals surface area contributed by atoms with Crippen molar-refractivity contribution in [1.29, 1.82) is 0 Å². The van der Waals surface area contributed by atoms with Crippen molar-refractivity contribution in [1.82, 2.24) is 5.32 Å². The third-order valence-corrected chi connectivity index (χ3v) is 4.41. The summed E-state index contributed by atoms with van der Waals surface area (Å²) in [5.74, 6) is -0.746. The van der Waals surface area contributed by atoms with Crippen molar-refractivity contribution < 1.29 is 9.59 Å². The van der Waals surface area contributed by atoms with Gasteiger partial charge in [0.25, 0.3) is 5.91 Å². The van der Waals surface area contributed by atoms with E-state index < -0.39 is 17.9 Å². The van der Waals surface area contributed by atoms with E-state index >= 15 is 0 Å². The average molecular weight is 433 g/mol. The maximum atomic E-state index is 12.2. The molecule has 10 heteroatoms. The summed E-state index contributed by atoms with van der Waals surface area (Å²) in [6.07, 6.45) is -0.167. The zero-order valence-electron chi connectivity index (χ0n) is 15.4. The summed E-state index contributed by atoms with van der Waals surface area (Å²) in [7, 11) is 0. The minimum absolute atomic E-state index is 0.0391. The molecule has 1 aliphatic heterocycles. The molecule has 3 rings (SSSR count). The van der Waals surface area contributed by atoms with Gasteiger partial charge in [-0.2, -0.15) is 4.99 Å². The summed E-state index contributed by atoms with van der Waals surface area (Å²) >= 11 is 11.8. The first kappa shape index (κ1) is 20.6. The van der Waals surface area contributed by atoms with Gasteiger partial charge in [-0.25, -0.2) is 4.99 Å². The van der Waals surface area contributed by atoms with E-state index in [2.05, 4.69) is 25.9 Å². The number of nitrogens with two attached hydrogens (primary N) is 1. The van der Waals surface area contributed by atoms with Crippen molar-refractivity contribution in [2.24, 2.45) is 15.7 Å². The first-order chi connectivity index (χ1) is 13.8. The molecule has 2 amide bonds. The fourth-order valence-corrected chi connectivity index (χ4v) is 3.16. The Balaban J connectivity index is 1.63. The van der Waals surface area contributed by atoms with Crippen LogP contribution in [0.25, 0.3) is 0 Å². The van der Waals surface area contributed by atoms with E-state index in [1.54, 1.807) is 18.2 Å². The molecule has 5 N–H and O–H groups in total. The average Bonchev–Trinajstić information content (AvgIpc) is 2.94. The number of aryl methyl sites for hydroxylation is 1. The number of aliphatic imine (C=N–C) groups is 2. The van der Waals surface area contributed by atoms with Gasteiger partial charge in [-0.1, -0.05) is 41.4 Å². The van der Waals surface area contributed by atoms with E-state index in [4.69, 9.17) is 28.9 Å². The normalized spacial score (nSPS) is 16.2. The number of halogens is 2. The highest BCUT2D eigenvalue weighted by Gasteiger charge is 2.28. The summed E-state index contributed by atoms with van der Waals surface area (Å²) in [5.41, 5.74) is 8.08. The molecule has 1 unspecified atom stereocenters. The minimum Gasteiger partial charge on any atom is -0.369 e. The van der Waals surface area contributed by atoms with Crippen LogP contribution in [0.5, 0.6) is 0 Å². The van der Waals surface area contributed by atoms with E-state index in [9.17, 15) is 9.59 Å². The third-order valence-electron chi connectivity index (χ3n) is 3.97. The molecule has 0 fully saturated rings. The van der Waals surface area contributed by atoms with Gasteiger partial charge >= 0.3 is 0 Å². The zero-order valence-corrected chi connectivity index (χ0v) is 16.9. The van der Waals surface area contributed by atoms with Gasteiger partial charge in [0.2, 0.25) is 17.8 Å². The lowest BCUT2D eigenvalue weighted by molar-refractivity contribution is -0.123. The summed E-state index contributed by atoms with van der Waals surface area (Å²) in [4.78, 5) is 32.5. The topological polar surface area (TPSA) is 121 Å². The zero-order chi connectivity index (χ0) is 21.0. The quantitative estimate of drug-likeness (QED) is 0.438. The Hall–Kier alpha value is -3.10. The molecule has 1 aliphatic rings. The smallest absolute Gasteiger partial charge is 0.252 e. The van der Waals surface area contributed by atoms with Gasteiger partial charge in [0, 0.05) is 21.4 Å². The fourth-order valence-electron chi connectivity index (χ4n) is 2.63. The van der Waals surface area contributed by atoms with Crippen LogP contribution in [-0.2, 0) is 9.59 Å². The number of hydrogen-bond acceptors (Lipinski definition) is 4. The van der Waals surface area contributed by atoms with Gasteiger partial charge in [0.15, 0.2) is 0 Å². The van der Waals surface area contributed by atoms with E-state index in [0.717, 1.165) is 11.3 Å². The third kappa shape index (κ3) is 5.69. The van der Waals surface area contributed by atoms with Crippen LogP contribution in [0.2, 0.25) is 10.0 Å². The van der Waals surface area contributed by atoms with E-state index in [-0.39, 0.29) is 18.3 Å². The first-order valence-electron chi connectivity index (χ1n) is 8.61. The Kier molecular flexibility index (Phi) is 6.36. The molecule has 2 aromatic carbocycles. The van der Waals surface area contributed by atoms with Crippen molar-refractivity contribution in [3.05, 3.63) is 58.1 Å². The molecule has 0 aliphatic carbocycles. The number of carbonyl (C=O) groups excluding carboxylic acids is 2. The van der Waals surface area contributed by atoms with Crippen molar-refractivity contribution in [2.45, 2.75) is 19.4 Å². The number of carbonyl (C=O) groups is 2. The summed E-state index contributed by atoms with van der Waals surface area (Å²) < 4.78 is 0. The van der Waals surface area contributed by atoms with Crippen molar-refractivity contribution in [2.75, 3.05) is 10.6 Å². The summed E-state index contributed by atoms with van der Waals surface area (Å²) in [6.45, 7) is 1.92. The molecule has 2 aromatic rings. The lowest BCUT2D eigenvalue weighted by Crippen LogP contribution is -2.32. The van der Waals surface area contributed by atoms with Crippen LogP contribution in [-0.4, -0.2) is 29.8 Å². The predicted molar refractivity (Wildman–Crippen MR) is 115 cm³/mol. The molecule has 0 saturated carbocycles. The molecule has 0 spiro atoms. The van der Waals surface area contributed by atoms with Crippen molar-refractivity contribution >= 4 is 58.3 Å². The summed E-state index contributed by atoms with van der Waals surface area (Å²) in [5, 5.41) is 8.86. The van der Waals surface area contributed by atoms with Gasteiger partial charge in [0.05, 0.1) is 6.42 Å². The number of amides is 2. The highest BCUT2D eigenvalue weighted by molar-refractivity contribution is 6.35. The van der Waals surface area contributed by atoms with Crippen LogP contribution in [0.15, 0.2) is 52.4 Å². The standard InChI is InChI=1S/C19H18Cl2N6O2/c1-10-4-2-3-5-14(10)24-18(22)27-19-25-15(17(29)26-19)9-16(28)23-13-7-11(20)6-12(21)8-13/h2-8,15H,9H2,1H3,(H,23,28)(H4,22,24,25,26,27,29). The monoisotopic (exact) mass is 432 g/mol. The molecule has 1 atom stereocenters. The maximum Gasteiger partial charge on any atom is 0.252 e. The van der Waals surface area contributed by atoms with E-state index in [1.165, 1.54) is 0 Å². The number of benzene rings is 2. The molecule has 8 nitrogen and oxygen atoms in total. The molecule has 0 bridgehead atoms. The van der Waals surface area contributed by atoms with E-state index in [0.29, 0.717) is 15.7 Å². The second-order valence-electron chi connectivity index (χ2n) is 6.31. The molecule has 0 aromatic heterocycles. The Morgan fingerprint density at radius 3 is 2.59 bits per heavy atom. The van der Waals surface area contributed by atoms with Gasteiger partial charge < -0.3 is 16.4 Å². The van der Waals surface area contributed by atoms with Gasteiger partial charge in [-0.05, 0) is 36.8 Å². The Morgan fingerprint density at radius 2 is 1.90 bits per heavy atom. The van der Waals surface area contributed by atoms with Gasteiger partial charge in [-0.15, -0.1) is 0 Å². The number of guanidine groups is 2. The molecular formula is C19H18Cl2N6O2. The molecule has 0 saturated heterocycles. The predicted octanol–water partition coefficient (Wildman–Crippen LogP) is 2.91. The van der Waals surface area contributed by atoms with Gasteiger partial charge in [-0.3, -0.25) is 14.9 Å². The molecule has 1 heterocycles. The number of nitrogens with zero attached hydrogens (tertiary/aromatic N) is 2. The van der Waals surface area contributed by atoms with Crippen molar-refractivity contribution in [3.63, 3.8) is 0 Å². The van der Waals surface area contributed by atoms with Crippen LogP contribution < -0.4 is 21.7 Å². The largest absolute Gasteiger partial charge is 0.369 e. The highest BCUT2D eigenvalue weighted by atomic mass is 35.5. The van der Waals surface area contributed by atoms with E-state index in [1.807, 2.05) is 31.2 Å². The molecular weight excluding hydrogens is 415 g/mol. The second kappa shape index (κ2) is 8.93. The van der Waals surface area contributed by atoms with Crippen LogP contribution >= 0.6 is 23.2 Å². The second-order valence-corrected chi connectivity index (χ2v) is 7.18. The van der Waals surface area contributed by atoms with Crippen LogP contribution in [0.4, 0.5) is 11.4 Å². The van der Waals surface area contributed by atoms with Crippen molar-refractivity contribution in [3.8, 4) is 0 Å². The maximum absolute atomic E-state index is 12.2. The Labute approximate surface area is 177 Å². The number of hydrogen-bond donors (Lipinski definition) is 4. The summed E-state index contributed by atoms with van der Waals surface area (Å²) in [6, 6.07) is 11.3. The number of anilines is 2. The molecule has 29 heavy (non-hydrogen) atoms. The Morgan fingerprint density at radius 1 is 1.21 bits per heavy atom. The van der Waals surface area contributed by atoms with Gasteiger partial charge in [0.1, 0.15) is 6.04 Å². The van der Waals surface area contributed by atoms with Crippen LogP contribution in [0, 0.1) is 6.92 Å². The minimum atomic E-state index is -0.908. The lowest BCUT2D eigenvalue weighted by atomic mass is 10.2.